The first kappa shape index (κ1) is 24.1. The average Bonchev–Trinajstić information content (AvgIpc) is 2.85. The molecule has 0 aliphatic rings. The van der Waals surface area contributed by atoms with Gasteiger partial charge in [-0.25, -0.2) is 12.8 Å². The third kappa shape index (κ3) is 6.30. The SMILES string of the molecule is CS(=O)(=O)N(Cc1ccc(C(=O)Nc2ccc(Cc3ccncc3)cc2)cc1)c1ccccc1F. The molecule has 0 saturated heterocycles. The van der Waals surface area contributed by atoms with Crippen molar-refractivity contribution in [3.8, 4) is 0 Å². The largest absolute Gasteiger partial charge is 0.322 e. The van der Waals surface area contributed by atoms with Crippen LogP contribution >= 0.6 is 0 Å². The molecule has 1 aromatic heterocycles. The number of hydrogen-bond donors (Lipinski definition) is 1. The second-order valence-corrected chi connectivity index (χ2v) is 10.0. The zero-order valence-corrected chi connectivity index (χ0v) is 19.9. The summed E-state index contributed by atoms with van der Waals surface area (Å²) >= 11 is 0. The van der Waals surface area contributed by atoms with Crippen LogP contribution in [0.5, 0.6) is 0 Å². The van der Waals surface area contributed by atoms with E-state index in [-0.39, 0.29) is 18.1 Å². The molecule has 0 radical (unpaired) electrons. The van der Waals surface area contributed by atoms with Gasteiger partial charge in [0, 0.05) is 23.6 Å². The zero-order chi connectivity index (χ0) is 24.8. The summed E-state index contributed by atoms with van der Waals surface area (Å²) in [6.45, 7) is -0.0550. The van der Waals surface area contributed by atoms with E-state index in [0.29, 0.717) is 16.8 Å². The Hall–Kier alpha value is -4.04. The Morgan fingerprint density at radius 1 is 0.857 bits per heavy atom. The number of amides is 1. The molecular formula is C27H24FN3O3S. The molecule has 0 bridgehead atoms. The third-order valence-corrected chi connectivity index (χ3v) is 6.56. The molecule has 0 aliphatic heterocycles. The fourth-order valence-electron chi connectivity index (χ4n) is 3.61. The molecule has 1 amide bonds. The molecule has 6 nitrogen and oxygen atoms in total. The predicted octanol–water partition coefficient (Wildman–Crippen LogP) is 5.03. The van der Waals surface area contributed by atoms with E-state index in [4.69, 9.17) is 0 Å². The molecule has 3 aromatic carbocycles. The molecular weight excluding hydrogens is 465 g/mol. The lowest BCUT2D eigenvalue weighted by Gasteiger charge is -2.23. The van der Waals surface area contributed by atoms with Crippen LogP contribution in [0, 0.1) is 5.82 Å². The van der Waals surface area contributed by atoms with Gasteiger partial charge in [-0.2, -0.15) is 0 Å². The van der Waals surface area contributed by atoms with Crippen molar-refractivity contribution in [2.45, 2.75) is 13.0 Å². The minimum Gasteiger partial charge on any atom is -0.322 e. The van der Waals surface area contributed by atoms with Gasteiger partial charge in [0.15, 0.2) is 0 Å². The van der Waals surface area contributed by atoms with Gasteiger partial charge in [0.25, 0.3) is 5.91 Å². The first-order valence-corrected chi connectivity index (χ1v) is 12.7. The lowest BCUT2D eigenvalue weighted by Crippen LogP contribution is -2.30. The maximum atomic E-state index is 14.2. The second kappa shape index (κ2) is 10.5. The summed E-state index contributed by atoms with van der Waals surface area (Å²) in [5.41, 5.74) is 3.96. The van der Waals surface area contributed by atoms with E-state index in [2.05, 4.69) is 10.3 Å². The van der Waals surface area contributed by atoms with Crippen molar-refractivity contribution in [1.82, 2.24) is 4.98 Å². The van der Waals surface area contributed by atoms with Gasteiger partial charge in [0.2, 0.25) is 10.0 Å². The van der Waals surface area contributed by atoms with Crippen molar-refractivity contribution in [3.63, 3.8) is 0 Å². The maximum absolute atomic E-state index is 14.2. The Balaban J connectivity index is 1.42. The first-order chi connectivity index (χ1) is 16.8. The fourth-order valence-corrected chi connectivity index (χ4v) is 4.50. The van der Waals surface area contributed by atoms with E-state index in [1.165, 1.54) is 18.2 Å². The highest BCUT2D eigenvalue weighted by Gasteiger charge is 2.21. The van der Waals surface area contributed by atoms with Gasteiger partial charge in [0.1, 0.15) is 5.82 Å². The number of nitrogens with one attached hydrogen (secondary N) is 1. The lowest BCUT2D eigenvalue weighted by molar-refractivity contribution is 0.102. The van der Waals surface area contributed by atoms with E-state index in [1.54, 1.807) is 42.7 Å². The second-order valence-electron chi connectivity index (χ2n) is 8.10. The predicted molar refractivity (Wildman–Crippen MR) is 135 cm³/mol. The van der Waals surface area contributed by atoms with Gasteiger partial charge in [0.05, 0.1) is 18.5 Å². The summed E-state index contributed by atoms with van der Waals surface area (Å²) in [5, 5.41) is 2.86. The van der Waals surface area contributed by atoms with E-state index in [1.807, 2.05) is 36.4 Å². The Labute approximate surface area is 204 Å². The number of pyridine rings is 1. The quantitative estimate of drug-likeness (QED) is 0.377. The van der Waals surface area contributed by atoms with Gasteiger partial charge in [-0.15, -0.1) is 0 Å². The van der Waals surface area contributed by atoms with Gasteiger partial charge < -0.3 is 5.32 Å². The highest BCUT2D eigenvalue weighted by Crippen LogP contribution is 2.24. The van der Waals surface area contributed by atoms with E-state index in [0.717, 1.165) is 28.1 Å². The molecule has 178 valence electrons. The molecule has 0 atom stereocenters. The number of anilines is 2. The standard InChI is InChI=1S/C27H24FN3O3S/c1-35(33,34)31(26-5-3-2-4-25(26)28)19-22-6-10-23(11-7-22)27(32)30-24-12-8-20(9-13-24)18-21-14-16-29-17-15-21/h2-17H,18-19H2,1H3,(H,30,32). The molecule has 8 heteroatoms. The van der Waals surface area contributed by atoms with Crippen LogP contribution in [0.2, 0.25) is 0 Å². The number of carbonyl (C=O) groups excluding carboxylic acids is 1. The Bertz CT molecular complexity index is 1410. The Morgan fingerprint density at radius 3 is 2.09 bits per heavy atom. The number of hydrogen-bond acceptors (Lipinski definition) is 4. The van der Waals surface area contributed by atoms with E-state index < -0.39 is 15.8 Å². The van der Waals surface area contributed by atoms with Crippen LogP contribution in [-0.2, 0) is 23.0 Å². The van der Waals surface area contributed by atoms with Crippen LogP contribution in [0.3, 0.4) is 0 Å². The summed E-state index contributed by atoms with van der Waals surface area (Å²) in [4.78, 5) is 16.7. The molecule has 4 aromatic rings. The molecule has 1 N–H and O–H groups in total. The van der Waals surface area contributed by atoms with Crippen molar-refractivity contribution in [2.24, 2.45) is 0 Å². The van der Waals surface area contributed by atoms with Crippen LogP contribution in [0.1, 0.15) is 27.0 Å². The number of benzene rings is 3. The van der Waals surface area contributed by atoms with Gasteiger partial charge in [-0.3, -0.25) is 14.1 Å². The summed E-state index contributed by atoms with van der Waals surface area (Å²) < 4.78 is 39.8. The average molecular weight is 490 g/mol. The summed E-state index contributed by atoms with van der Waals surface area (Å²) in [6.07, 6.45) is 5.32. The van der Waals surface area contributed by atoms with Crippen molar-refractivity contribution < 1.29 is 17.6 Å². The summed E-state index contributed by atoms with van der Waals surface area (Å²) in [7, 11) is -3.72. The van der Waals surface area contributed by atoms with Crippen molar-refractivity contribution in [1.29, 1.82) is 0 Å². The highest BCUT2D eigenvalue weighted by atomic mass is 32.2. The Morgan fingerprint density at radius 2 is 1.46 bits per heavy atom. The van der Waals surface area contributed by atoms with Crippen molar-refractivity contribution >= 4 is 27.3 Å². The lowest BCUT2D eigenvalue weighted by atomic mass is 10.1. The summed E-state index contributed by atoms with van der Waals surface area (Å²) in [6, 6.07) is 23.8. The maximum Gasteiger partial charge on any atom is 0.255 e. The van der Waals surface area contributed by atoms with E-state index in [9.17, 15) is 17.6 Å². The zero-order valence-electron chi connectivity index (χ0n) is 19.1. The van der Waals surface area contributed by atoms with Crippen LogP contribution in [0.25, 0.3) is 0 Å². The number of aromatic nitrogens is 1. The Kier molecular flexibility index (Phi) is 7.22. The number of sulfonamides is 1. The van der Waals surface area contributed by atoms with Crippen LogP contribution in [0.4, 0.5) is 15.8 Å². The molecule has 1 heterocycles. The molecule has 4 rings (SSSR count). The minimum absolute atomic E-state index is 0.0239. The smallest absolute Gasteiger partial charge is 0.255 e. The third-order valence-electron chi connectivity index (χ3n) is 5.43. The first-order valence-electron chi connectivity index (χ1n) is 10.9. The van der Waals surface area contributed by atoms with Gasteiger partial charge in [-0.1, -0.05) is 36.4 Å². The summed E-state index contributed by atoms with van der Waals surface area (Å²) in [5.74, 6) is -0.909. The van der Waals surface area contributed by atoms with E-state index >= 15 is 0 Å². The molecule has 0 saturated carbocycles. The van der Waals surface area contributed by atoms with Crippen molar-refractivity contribution in [3.05, 3.63) is 125 Å². The van der Waals surface area contributed by atoms with Crippen molar-refractivity contribution in [2.75, 3.05) is 15.9 Å². The molecule has 35 heavy (non-hydrogen) atoms. The minimum atomic E-state index is -3.72. The number of nitrogens with zero attached hydrogens (tertiary/aromatic N) is 2. The fraction of sp³-hybridized carbons (Fsp3) is 0.111. The number of carbonyl (C=O) groups is 1. The number of halogens is 1. The molecule has 0 unspecified atom stereocenters. The normalized spacial score (nSPS) is 11.1. The van der Waals surface area contributed by atoms with Crippen LogP contribution in [0.15, 0.2) is 97.3 Å². The van der Waals surface area contributed by atoms with Crippen LogP contribution < -0.4 is 9.62 Å². The van der Waals surface area contributed by atoms with Crippen LogP contribution in [-0.4, -0.2) is 25.6 Å². The molecule has 0 aliphatic carbocycles. The van der Waals surface area contributed by atoms with Gasteiger partial charge in [-0.05, 0) is 71.6 Å². The highest BCUT2D eigenvalue weighted by molar-refractivity contribution is 7.92. The number of para-hydroxylation sites is 1. The monoisotopic (exact) mass is 489 g/mol. The molecule has 0 spiro atoms. The number of rotatable bonds is 8. The van der Waals surface area contributed by atoms with Gasteiger partial charge >= 0.3 is 0 Å². The topological polar surface area (TPSA) is 79.4 Å². The molecule has 0 fully saturated rings.